The Bertz CT molecular complexity index is 956. The van der Waals surface area contributed by atoms with Gasteiger partial charge in [0.05, 0.1) is 12.7 Å². The minimum Gasteiger partial charge on any atom is -0.497 e. The average molecular weight is 374 g/mol. The van der Waals surface area contributed by atoms with Gasteiger partial charge in [-0.05, 0) is 29.8 Å². The van der Waals surface area contributed by atoms with Crippen LogP contribution in [0.1, 0.15) is 22.3 Å². The fraction of sp³-hybridized carbons (Fsp3) is 0.222. The van der Waals surface area contributed by atoms with Crippen LogP contribution in [0.3, 0.4) is 0 Å². The maximum atomic E-state index is 12.4. The summed E-state index contributed by atoms with van der Waals surface area (Å²) in [5, 5.41) is 2.71. The number of hydrogen-bond acceptors (Lipinski definition) is 5. The third-order valence-electron chi connectivity index (χ3n) is 4.08. The van der Waals surface area contributed by atoms with Gasteiger partial charge in [-0.15, -0.1) is 0 Å². The first-order valence-corrected chi connectivity index (χ1v) is 9.43. The smallest absolute Gasteiger partial charge is 0.269 e. The van der Waals surface area contributed by atoms with E-state index in [2.05, 4.69) is 5.32 Å². The molecule has 8 heteroatoms. The molecule has 0 bridgehead atoms. The predicted octanol–water partition coefficient (Wildman–Crippen LogP) is 1.55. The van der Waals surface area contributed by atoms with Gasteiger partial charge in [-0.1, -0.05) is 24.3 Å². The van der Waals surface area contributed by atoms with Crippen molar-refractivity contribution in [3.8, 4) is 5.75 Å². The van der Waals surface area contributed by atoms with E-state index >= 15 is 0 Å². The number of carbonyl (C=O) groups excluding carboxylic acids is 2. The molecule has 1 aliphatic heterocycles. The Kier molecular flexibility index (Phi) is 4.94. The van der Waals surface area contributed by atoms with Gasteiger partial charge in [0.25, 0.3) is 15.9 Å². The maximum absolute atomic E-state index is 12.4. The molecule has 0 aliphatic carbocycles. The van der Waals surface area contributed by atoms with E-state index in [1.807, 2.05) is 12.1 Å². The van der Waals surface area contributed by atoms with Crippen LogP contribution in [0.15, 0.2) is 53.4 Å². The van der Waals surface area contributed by atoms with E-state index in [1.54, 1.807) is 31.4 Å². The number of carbonyl (C=O) groups is 2. The van der Waals surface area contributed by atoms with E-state index in [-0.39, 0.29) is 35.9 Å². The summed E-state index contributed by atoms with van der Waals surface area (Å²) in [6, 6.07) is 13.3. The molecule has 0 saturated carbocycles. The highest BCUT2D eigenvalue weighted by Crippen LogP contribution is 2.29. The van der Waals surface area contributed by atoms with Crippen molar-refractivity contribution in [2.75, 3.05) is 13.7 Å². The topological polar surface area (TPSA) is 92.8 Å². The predicted molar refractivity (Wildman–Crippen MR) is 94.1 cm³/mol. The molecule has 2 amide bonds. The molecule has 0 saturated heterocycles. The SMILES string of the molecule is COc1cccc(CNC(=O)CCN2C(=O)c3ccccc3S2(=O)=O)c1. The summed E-state index contributed by atoms with van der Waals surface area (Å²) in [6.07, 6.45) is -0.108. The second-order valence-electron chi connectivity index (χ2n) is 5.76. The first-order valence-electron chi connectivity index (χ1n) is 7.99. The summed E-state index contributed by atoms with van der Waals surface area (Å²) in [7, 11) is -2.32. The molecule has 1 aliphatic rings. The number of sulfonamides is 1. The Hall–Kier alpha value is -2.87. The number of amides is 2. The normalized spacial score (nSPS) is 14.8. The number of nitrogens with one attached hydrogen (secondary N) is 1. The fourth-order valence-electron chi connectivity index (χ4n) is 2.73. The van der Waals surface area contributed by atoms with Gasteiger partial charge in [-0.2, -0.15) is 0 Å². The molecule has 3 rings (SSSR count). The van der Waals surface area contributed by atoms with Crippen molar-refractivity contribution in [2.24, 2.45) is 0 Å². The quantitative estimate of drug-likeness (QED) is 0.828. The number of fused-ring (bicyclic) bond motifs is 1. The minimum atomic E-state index is -3.88. The van der Waals surface area contributed by atoms with Crippen molar-refractivity contribution in [1.29, 1.82) is 0 Å². The molecular weight excluding hydrogens is 356 g/mol. The molecule has 0 spiro atoms. The number of nitrogens with zero attached hydrogens (tertiary/aromatic N) is 1. The van der Waals surface area contributed by atoms with Gasteiger partial charge in [0.1, 0.15) is 10.6 Å². The molecule has 2 aromatic rings. The van der Waals surface area contributed by atoms with Crippen molar-refractivity contribution in [1.82, 2.24) is 9.62 Å². The summed E-state index contributed by atoms with van der Waals surface area (Å²) >= 11 is 0. The van der Waals surface area contributed by atoms with Gasteiger partial charge >= 0.3 is 0 Å². The van der Waals surface area contributed by atoms with Gasteiger partial charge in [0.2, 0.25) is 5.91 Å². The van der Waals surface area contributed by atoms with E-state index in [0.717, 1.165) is 9.87 Å². The highest BCUT2D eigenvalue weighted by Gasteiger charge is 2.40. The molecule has 2 aromatic carbocycles. The Morgan fingerprint density at radius 1 is 1.15 bits per heavy atom. The molecule has 1 N–H and O–H groups in total. The van der Waals surface area contributed by atoms with Gasteiger partial charge in [0.15, 0.2) is 0 Å². The maximum Gasteiger partial charge on any atom is 0.269 e. The lowest BCUT2D eigenvalue weighted by molar-refractivity contribution is -0.121. The van der Waals surface area contributed by atoms with E-state index in [9.17, 15) is 18.0 Å². The molecule has 0 unspecified atom stereocenters. The molecular formula is C18H18N2O5S. The average Bonchev–Trinajstić information content (AvgIpc) is 2.85. The number of benzene rings is 2. The van der Waals surface area contributed by atoms with Gasteiger partial charge < -0.3 is 10.1 Å². The number of ether oxygens (including phenoxy) is 1. The van der Waals surface area contributed by atoms with Crippen LogP contribution in [-0.2, 0) is 21.4 Å². The Balaban J connectivity index is 1.59. The minimum absolute atomic E-state index is 0.0122. The molecule has 0 fully saturated rings. The Labute approximate surface area is 151 Å². The van der Waals surface area contributed by atoms with E-state index in [0.29, 0.717) is 5.75 Å². The zero-order valence-electron chi connectivity index (χ0n) is 14.1. The summed E-state index contributed by atoms with van der Waals surface area (Å²) < 4.78 is 30.7. The molecule has 7 nitrogen and oxygen atoms in total. The van der Waals surface area contributed by atoms with Crippen molar-refractivity contribution in [2.45, 2.75) is 17.9 Å². The van der Waals surface area contributed by atoms with Crippen molar-refractivity contribution in [3.05, 3.63) is 59.7 Å². The molecule has 136 valence electrons. The van der Waals surface area contributed by atoms with Crippen LogP contribution in [0, 0.1) is 0 Å². The van der Waals surface area contributed by atoms with Crippen molar-refractivity contribution >= 4 is 21.8 Å². The van der Waals surface area contributed by atoms with E-state index < -0.39 is 15.9 Å². The van der Waals surface area contributed by atoms with E-state index in [4.69, 9.17) is 4.74 Å². The molecule has 0 atom stereocenters. The molecule has 1 heterocycles. The van der Waals surface area contributed by atoms with Crippen LogP contribution in [-0.4, -0.2) is 38.2 Å². The summed E-state index contributed by atoms with van der Waals surface area (Å²) in [6.45, 7) is 0.0940. The highest BCUT2D eigenvalue weighted by molar-refractivity contribution is 7.90. The van der Waals surface area contributed by atoms with Gasteiger partial charge in [-0.25, -0.2) is 12.7 Å². The van der Waals surface area contributed by atoms with Crippen molar-refractivity contribution in [3.63, 3.8) is 0 Å². The first kappa shape index (κ1) is 17.9. The van der Waals surface area contributed by atoms with Gasteiger partial charge in [-0.3, -0.25) is 9.59 Å². The van der Waals surface area contributed by atoms with E-state index in [1.165, 1.54) is 12.1 Å². The fourth-order valence-corrected chi connectivity index (χ4v) is 4.30. The van der Waals surface area contributed by atoms with Crippen LogP contribution in [0.4, 0.5) is 0 Å². The lowest BCUT2D eigenvalue weighted by Crippen LogP contribution is -2.34. The van der Waals surface area contributed by atoms with Crippen LogP contribution in [0.2, 0.25) is 0 Å². The second kappa shape index (κ2) is 7.17. The summed E-state index contributed by atoms with van der Waals surface area (Å²) in [5.74, 6) is -0.253. The summed E-state index contributed by atoms with van der Waals surface area (Å²) in [4.78, 5) is 24.3. The van der Waals surface area contributed by atoms with Crippen LogP contribution < -0.4 is 10.1 Å². The van der Waals surface area contributed by atoms with Crippen LogP contribution in [0.5, 0.6) is 5.75 Å². The zero-order valence-corrected chi connectivity index (χ0v) is 15.0. The van der Waals surface area contributed by atoms with Crippen LogP contribution in [0.25, 0.3) is 0 Å². The number of hydrogen-bond donors (Lipinski definition) is 1. The Morgan fingerprint density at radius 2 is 1.92 bits per heavy atom. The molecule has 0 radical (unpaired) electrons. The lowest BCUT2D eigenvalue weighted by atomic mass is 10.2. The molecule has 0 aromatic heterocycles. The second-order valence-corrected chi connectivity index (χ2v) is 7.59. The monoisotopic (exact) mass is 374 g/mol. The van der Waals surface area contributed by atoms with Crippen LogP contribution >= 0.6 is 0 Å². The third kappa shape index (κ3) is 3.41. The van der Waals surface area contributed by atoms with Gasteiger partial charge in [0, 0.05) is 19.5 Å². The third-order valence-corrected chi connectivity index (χ3v) is 5.92. The number of methoxy groups -OCH3 is 1. The molecule has 26 heavy (non-hydrogen) atoms. The number of rotatable bonds is 6. The largest absolute Gasteiger partial charge is 0.497 e. The highest BCUT2D eigenvalue weighted by atomic mass is 32.2. The zero-order chi connectivity index (χ0) is 18.7. The summed E-state index contributed by atoms with van der Waals surface area (Å²) in [5.41, 5.74) is 0.999. The Morgan fingerprint density at radius 3 is 2.65 bits per heavy atom. The first-order chi connectivity index (χ1) is 12.4. The standard InChI is InChI=1S/C18H18N2O5S/c1-25-14-6-4-5-13(11-14)12-19-17(21)9-10-20-18(22)15-7-2-3-8-16(15)26(20,23)24/h2-8,11H,9-10,12H2,1H3,(H,19,21). The van der Waals surface area contributed by atoms with Crippen molar-refractivity contribution < 1.29 is 22.7 Å². The lowest BCUT2D eigenvalue weighted by Gasteiger charge is -2.14.